The van der Waals surface area contributed by atoms with E-state index in [1.165, 1.54) is 6.20 Å². The Morgan fingerprint density at radius 2 is 2.00 bits per heavy atom. The number of rotatable bonds is 5. The lowest BCUT2D eigenvalue weighted by molar-refractivity contribution is 0.0896. The minimum absolute atomic E-state index is 0.163. The van der Waals surface area contributed by atoms with E-state index in [1.54, 1.807) is 0 Å². The lowest BCUT2D eigenvalue weighted by Gasteiger charge is -2.28. The van der Waals surface area contributed by atoms with E-state index < -0.39 is 0 Å². The van der Waals surface area contributed by atoms with E-state index in [9.17, 15) is 4.79 Å². The molecule has 0 saturated heterocycles. The summed E-state index contributed by atoms with van der Waals surface area (Å²) in [6.45, 7) is 10.1. The largest absolute Gasteiger partial charge is 0.396 e. The molecule has 0 atom stereocenters. The van der Waals surface area contributed by atoms with Crippen molar-refractivity contribution < 1.29 is 4.79 Å². The highest BCUT2D eigenvalue weighted by Crippen LogP contribution is 2.17. The van der Waals surface area contributed by atoms with Crippen LogP contribution in [0.1, 0.15) is 69.7 Å². The maximum absolute atomic E-state index is 12.3. The topological polar surface area (TPSA) is 80.9 Å². The van der Waals surface area contributed by atoms with E-state index in [-0.39, 0.29) is 23.1 Å². The molecule has 106 valence electrons. The summed E-state index contributed by atoms with van der Waals surface area (Å²) in [5.41, 5.74) is 6.16. The van der Waals surface area contributed by atoms with Crippen LogP contribution in [0.3, 0.4) is 0 Å². The molecule has 1 aromatic rings. The van der Waals surface area contributed by atoms with Crippen molar-refractivity contribution in [2.45, 2.75) is 58.9 Å². The number of anilines is 1. The lowest BCUT2D eigenvalue weighted by atomic mass is 9.95. The first kappa shape index (κ1) is 15.4. The van der Waals surface area contributed by atoms with Gasteiger partial charge < -0.3 is 11.1 Å². The molecular formula is C14H24N4O. The fraction of sp³-hybridized carbons (Fsp3) is 0.643. The van der Waals surface area contributed by atoms with Crippen LogP contribution in [0.4, 0.5) is 5.69 Å². The highest BCUT2D eigenvalue weighted by molar-refractivity contribution is 5.97. The number of carbonyl (C=O) groups is 1. The highest BCUT2D eigenvalue weighted by Gasteiger charge is 2.24. The molecule has 19 heavy (non-hydrogen) atoms. The fourth-order valence-corrected chi connectivity index (χ4v) is 1.62. The van der Waals surface area contributed by atoms with Crippen molar-refractivity contribution in [1.82, 2.24) is 15.3 Å². The van der Waals surface area contributed by atoms with E-state index >= 15 is 0 Å². The number of carbonyl (C=O) groups excluding carboxylic acids is 1. The molecule has 0 spiro atoms. The van der Waals surface area contributed by atoms with Crippen LogP contribution in [0.2, 0.25) is 0 Å². The summed E-state index contributed by atoms with van der Waals surface area (Å²) in [7, 11) is 0. The normalized spacial score (nSPS) is 11.7. The van der Waals surface area contributed by atoms with Gasteiger partial charge in [-0.1, -0.05) is 27.7 Å². The molecule has 1 heterocycles. The highest BCUT2D eigenvalue weighted by atomic mass is 16.2. The van der Waals surface area contributed by atoms with E-state index in [1.807, 2.05) is 34.6 Å². The third kappa shape index (κ3) is 3.66. The quantitative estimate of drug-likeness (QED) is 0.856. The zero-order chi connectivity index (χ0) is 14.6. The van der Waals surface area contributed by atoms with Crippen molar-refractivity contribution in [3.8, 4) is 0 Å². The summed E-state index contributed by atoms with van der Waals surface area (Å²) in [4.78, 5) is 20.7. The molecule has 5 nitrogen and oxygen atoms in total. The van der Waals surface area contributed by atoms with Crippen molar-refractivity contribution in [2.24, 2.45) is 0 Å². The molecule has 0 aliphatic carbocycles. The van der Waals surface area contributed by atoms with Gasteiger partial charge in [-0.2, -0.15) is 0 Å². The molecular weight excluding hydrogens is 240 g/mol. The van der Waals surface area contributed by atoms with Crippen LogP contribution in [0.5, 0.6) is 0 Å². The first-order valence-electron chi connectivity index (χ1n) is 6.78. The first-order valence-corrected chi connectivity index (χ1v) is 6.78. The molecule has 3 N–H and O–H groups in total. The monoisotopic (exact) mass is 264 g/mol. The van der Waals surface area contributed by atoms with Crippen molar-refractivity contribution in [2.75, 3.05) is 5.73 Å². The van der Waals surface area contributed by atoms with E-state index in [0.717, 1.165) is 12.8 Å². The lowest BCUT2D eigenvalue weighted by Crippen LogP contribution is -2.45. The molecule has 1 rings (SSSR count). The van der Waals surface area contributed by atoms with Gasteiger partial charge in [0, 0.05) is 11.5 Å². The molecule has 0 bridgehead atoms. The molecule has 0 aromatic carbocycles. The molecule has 5 heteroatoms. The number of amides is 1. The Labute approximate surface area is 115 Å². The Balaban J connectivity index is 3.02. The van der Waals surface area contributed by atoms with Crippen LogP contribution >= 0.6 is 0 Å². The van der Waals surface area contributed by atoms with E-state index in [0.29, 0.717) is 11.5 Å². The molecule has 0 unspecified atom stereocenters. The van der Waals surface area contributed by atoms with Gasteiger partial charge in [-0.15, -0.1) is 0 Å². The van der Waals surface area contributed by atoms with Gasteiger partial charge in [-0.25, -0.2) is 9.97 Å². The summed E-state index contributed by atoms with van der Waals surface area (Å²) in [5.74, 6) is 0.568. The number of nitrogen functional groups attached to an aromatic ring is 1. The van der Waals surface area contributed by atoms with Gasteiger partial charge in [0.05, 0.1) is 11.9 Å². The average Bonchev–Trinajstić information content (AvgIpc) is 2.38. The number of hydrogen-bond acceptors (Lipinski definition) is 4. The number of nitrogens with zero attached hydrogens (tertiary/aromatic N) is 2. The predicted molar refractivity (Wildman–Crippen MR) is 77.0 cm³/mol. The zero-order valence-electron chi connectivity index (χ0n) is 12.4. The standard InChI is InChI=1S/C14H24N4O/c1-6-14(5,7-2)18-13(19)11-10(15)8-16-12(17-11)9(3)4/h8-9H,6-7,15H2,1-5H3,(H,18,19). The third-order valence-corrected chi connectivity index (χ3v) is 3.54. The summed E-state index contributed by atoms with van der Waals surface area (Å²) in [6.07, 6.45) is 3.22. The minimum atomic E-state index is -0.230. The number of nitrogens with one attached hydrogen (secondary N) is 1. The summed E-state index contributed by atoms with van der Waals surface area (Å²) in [5, 5.41) is 3.01. The van der Waals surface area contributed by atoms with Crippen molar-refractivity contribution >= 4 is 11.6 Å². The van der Waals surface area contributed by atoms with Gasteiger partial charge in [0.2, 0.25) is 0 Å². The molecule has 0 fully saturated rings. The molecule has 0 saturated carbocycles. The molecule has 0 radical (unpaired) electrons. The van der Waals surface area contributed by atoms with E-state index in [4.69, 9.17) is 5.73 Å². The summed E-state index contributed by atoms with van der Waals surface area (Å²) < 4.78 is 0. The van der Waals surface area contributed by atoms with Crippen LogP contribution < -0.4 is 11.1 Å². The summed E-state index contributed by atoms with van der Waals surface area (Å²) in [6, 6.07) is 0. The predicted octanol–water partition coefficient (Wildman–Crippen LogP) is 2.49. The zero-order valence-corrected chi connectivity index (χ0v) is 12.4. The van der Waals surface area contributed by atoms with Crippen molar-refractivity contribution in [3.63, 3.8) is 0 Å². The Morgan fingerprint density at radius 3 is 2.47 bits per heavy atom. The maximum Gasteiger partial charge on any atom is 0.272 e. The number of hydrogen-bond donors (Lipinski definition) is 2. The molecule has 0 aliphatic rings. The van der Waals surface area contributed by atoms with Gasteiger partial charge in [-0.05, 0) is 19.8 Å². The number of nitrogens with two attached hydrogens (primary N) is 1. The SMILES string of the molecule is CCC(C)(CC)NC(=O)c1nc(C(C)C)ncc1N. The Kier molecular flexibility index (Phi) is 4.86. The minimum Gasteiger partial charge on any atom is -0.396 e. The van der Waals surface area contributed by atoms with Gasteiger partial charge in [0.1, 0.15) is 5.82 Å². The van der Waals surface area contributed by atoms with Crippen LogP contribution in [-0.2, 0) is 0 Å². The Morgan fingerprint density at radius 1 is 1.42 bits per heavy atom. The molecule has 1 aromatic heterocycles. The average molecular weight is 264 g/mol. The number of aromatic nitrogens is 2. The van der Waals surface area contributed by atoms with Crippen LogP contribution in [0, 0.1) is 0 Å². The van der Waals surface area contributed by atoms with E-state index in [2.05, 4.69) is 15.3 Å². The second-order valence-corrected chi connectivity index (χ2v) is 5.41. The fourth-order valence-electron chi connectivity index (χ4n) is 1.62. The second kappa shape index (κ2) is 5.99. The van der Waals surface area contributed by atoms with Crippen molar-refractivity contribution in [3.05, 3.63) is 17.7 Å². The maximum atomic E-state index is 12.3. The van der Waals surface area contributed by atoms with Crippen molar-refractivity contribution in [1.29, 1.82) is 0 Å². The van der Waals surface area contributed by atoms with Gasteiger partial charge in [0.25, 0.3) is 5.91 Å². The molecule has 1 amide bonds. The first-order chi connectivity index (χ1) is 8.83. The van der Waals surface area contributed by atoms with Gasteiger partial charge in [0.15, 0.2) is 5.69 Å². The van der Waals surface area contributed by atoms with Gasteiger partial charge >= 0.3 is 0 Å². The Hall–Kier alpha value is -1.65. The van der Waals surface area contributed by atoms with Crippen LogP contribution in [0.15, 0.2) is 6.20 Å². The van der Waals surface area contributed by atoms with Gasteiger partial charge in [-0.3, -0.25) is 4.79 Å². The van der Waals surface area contributed by atoms with Crippen LogP contribution in [0.25, 0.3) is 0 Å². The smallest absolute Gasteiger partial charge is 0.272 e. The molecule has 0 aliphatic heterocycles. The Bertz CT molecular complexity index is 453. The second-order valence-electron chi connectivity index (χ2n) is 5.41. The van der Waals surface area contributed by atoms with Crippen LogP contribution in [-0.4, -0.2) is 21.4 Å². The summed E-state index contributed by atoms with van der Waals surface area (Å²) >= 11 is 0. The third-order valence-electron chi connectivity index (χ3n) is 3.54.